The van der Waals surface area contributed by atoms with Crippen molar-refractivity contribution in [3.05, 3.63) is 64.0 Å². The topological polar surface area (TPSA) is 90.4 Å². The van der Waals surface area contributed by atoms with Crippen molar-refractivity contribution < 1.29 is 18.4 Å². The molecule has 4 rings (SSSR count). The number of carbonyl (C=O) groups excluding carboxylic acids is 1. The minimum absolute atomic E-state index is 0.252. The SMILES string of the molecule is Cc1ncsc1COc1ccc2oc(C)c(C(=O)NC(C)c3ncco3)c2c1. The van der Waals surface area contributed by atoms with Crippen molar-refractivity contribution in [2.24, 2.45) is 0 Å². The monoisotopic (exact) mass is 397 g/mol. The molecule has 0 fully saturated rings. The van der Waals surface area contributed by atoms with Crippen LogP contribution in [0.5, 0.6) is 5.75 Å². The molecule has 3 heterocycles. The Morgan fingerprint density at radius 2 is 2.18 bits per heavy atom. The van der Waals surface area contributed by atoms with Crippen LogP contribution < -0.4 is 10.1 Å². The molecule has 4 aromatic rings. The maximum Gasteiger partial charge on any atom is 0.256 e. The summed E-state index contributed by atoms with van der Waals surface area (Å²) in [5.41, 5.74) is 3.88. The summed E-state index contributed by atoms with van der Waals surface area (Å²) in [7, 11) is 0. The van der Waals surface area contributed by atoms with Gasteiger partial charge >= 0.3 is 0 Å². The number of amides is 1. The van der Waals surface area contributed by atoms with E-state index in [9.17, 15) is 4.79 Å². The molecule has 1 N–H and O–H groups in total. The quantitative estimate of drug-likeness (QED) is 0.513. The molecule has 7 nitrogen and oxygen atoms in total. The normalized spacial score (nSPS) is 12.2. The molecule has 0 aliphatic heterocycles. The van der Waals surface area contributed by atoms with Crippen molar-refractivity contribution in [3.8, 4) is 5.75 Å². The van der Waals surface area contributed by atoms with E-state index in [1.807, 2.05) is 32.0 Å². The van der Waals surface area contributed by atoms with Crippen LogP contribution in [0, 0.1) is 13.8 Å². The minimum atomic E-state index is -0.361. The van der Waals surface area contributed by atoms with Crippen molar-refractivity contribution in [2.45, 2.75) is 33.4 Å². The van der Waals surface area contributed by atoms with Crippen LogP contribution in [-0.4, -0.2) is 15.9 Å². The largest absolute Gasteiger partial charge is 0.488 e. The highest BCUT2D eigenvalue weighted by Gasteiger charge is 2.22. The molecule has 1 unspecified atom stereocenters. The van der Waals surface area contributed by atoms with Gasteiger partial charge in [-0.2, -0.15) is 0 Å². The average molecular weight is 397 g/mol. The lowest BCUT2D eigenvalue weighted by atomic mass is 10.1. The molecular weight excluding hydrogens is 378 g/mol. The Labute approximate surface area is 165 Å². The van der Waals surface area contributed by atoms with Gasteiger partial charge in [0.15, 0.2) is 0 Å². The molecule has 8 heteroatoms. The second-order valence-corrected chi connectivity index (χ2v) is 7.35. The van der Waals surface area contributed by atoms with E-state index in [0.29, 0.717) is 40.5 Å². The smallest absolute Gasteiger partial charge is 0.256 e. The van der Waals surface area contributed by atoms with Gasteiger partial charge in [-0.05, 0) is 39.0 Å². The number of carbonyl (C=O) groups is 1. The van der Waals surface area contributed by atoms with Crippen molar-refractivity contribution in [2.75, 3.05) is 0 Å². The molecule has 0 aliphatic carbocycles. The van der Waals surface area contributed by atoms with Gasteiger partial charge in [0.05, 0.1) is 27.8 Å². The maximum atomic E-state index is 12.9. The number of aromatic nitrogens is 2. The van der Waals surface area contributed by atoms with Crippen LogP contribution in [-0.2, 0) is 6.61 Å². The summed E-state index contributed by atoms with van der Waals surface area (Å²) >= 11 is 1.56. The summed E-state index contributed by atoms with van der Waals surface area (Å²) in [6.45, 7) is 5.97. The molecule has 1 aromatic carbocycles. The molecule has 0 aliphatic rings. The van der Waals surface area contributed by atoms with Gasteiger partial charge in [0, 0.05) is 5.39 Å². The molecule has 0 saturated carbocycles. The summed E-state index contributed by atoms with van der Waals surface area (Å²) in [5, 5.41) is 3.60. The summed E-state index contributed by atoms with van der Waals surface area (Å²) in [6.07, 6.45) is 3.02. The van der Waals surface area contributed by atoms with Crippen LogP contribution in [0.25, 0.3) is 11.0 Å². The Morgan fingerprint density at radius 1 is 1.32 bits per heavy atom. The Balaban J connectivity index is 1.58. The number of hydrogen-bond acceptors (Lipinski definition) is 7. The van der Waals surface area contributed by atoms with Crippen molar-refractivity contribution >= 4 is 28.2 Å². The number of ether oxygens (including phenoxy) is 1. The van der Waals surface area contributed by atoms with Crippen LogP contribution in [0.1, 0.15) is 45.5 Å². The molecular formula is C20H19N3O4S. The van der Waals surface area contributed by atoms with Gasteiger partial charge in [-0.15, -0.1) is 11.3 Å². The first kappa shape index (κ1) is 18.2. The fraction of sp³-hybridized carbons (Fsp3) is 0.250. The van der Waals surface area contributed by atoms with Crippen LogP contribution in [0.4, 0.5) is 0 Å². The molecule has 0 radical (unpaired) electrons. The molecule has 1 amide bonds. The lowest BCUT2D eigenvalue weighted by Gasteiger charge is -2.10. The summed E-state index contributed by atoms with van der Waals surface area (Å²) in [4.78, 5) is 22.2. The molecule has 0 bridgehead atoms. The van der Waals surface area contributed by atoms with Crippen LogP contribution in [0.3, 0.4) is 0 Å². The van der Waals surface area contributed by atoms with Crippen molar-refractivity contribution in [1.82, 2.24) is 15.3 Å². The lowest BCUT2D eigenvalue weighted by molar-refractivity contribution is 0.0934. The molecule has 1 atom stereocenters. The predicted molar refractivity (Wildman–Crippen MR) is 105 cm³/mol. The number of oxazole rings is 1. The highest BCUT2D eigenvalue weighted by Crippen LogP contribution is 2.30. The van der Waals surface area contributed by atoms with E-state index >= 15 is 0 Å². The van der Waals surface area contributed by atoms with E-state index in [0.717, 1.165) is 10.6 Å². The van der Waals surface area contributed by atoms with Gasteiger partial charge in [0.1, 0.15) is 36.0 Å². The van der Waals surface area contributed by atoms with Gasteiger partial charge in [-0.25, -0.2) is 9.97 Å². The van der Waals surface area contributed by atoms with Gasteiger partial charge in [0.25, 0.3) is 5.91 Å². The van der Waals surface area contributed by atoms with E-state index < -0.39 is 0 Å². The highest BCUT2D eigenvalue weighted by atomic mass is 32.1. The Bertz CT molecular complexity index is 1110. The second-order valence-electron chi connectivity index (χ2n) is 6.41. The number of thiazole rings is 1. The first-order valence-corrected chi connectivity index (χ1v) is 9.66. The lowest BCUT2D eigenvalue weighted by Crippen LogP contribution is -2.27. The number of rotatable bonds is 6. The summed E-state index contributed by atoms with van der Waals surface area (Å²) < 4.78 is 16.9. The van der Waals surface area contributed by atoms with Crippen LogP contribution in [0.15, 0.2) is 45.0 Å². The van der Waals surface area contributed by atoms with Crippen molar-refractivity contribution in [1.29, 1.82) is 0 Å². The second kappa shape index (κ2) is 7.47. The maximum absolute atomic E-state index is 12.9. The number of nitrogens with one attached hydrogen (secondary N) is 1. The van der Waals surface area contributed by atoms with E-state index in [1.165, 1.54) is 6.26 Å². The van der Waals surface area contributed by atoms with Gasteiger partial charge in [-0.3, -0.25) is 4.79 Å². The van der Waals surface area contributed by atoms with Crippen LogP contribution >= 0.6 is 11.3 Å². The molecule has 0 saturated heterocycles. The Hall–Kier alpha value is -3.13. The van der Waals surface area contributed by atoms with E-state index in [4.69, 9.17) is 13.6 Å². The van der Waals surface area contributed by atoms with E-state index in [2.05, 4.69) is 15.3 Å². The number of aryl methyl sites for hydroxylation is 2. The van der Waals surface area contributed by atoms with Crippen molar-refractivity contribution in [3.63, 3.8) is 0 Å². The molecule has 0 spiro atoms. The molecule has 28 heavy (non-hydrogen) atoms. The zero-order valence-electron chi connectivity index (χ0n) is 15.7. The standard InChI is InChI=1S/C20H19N3O4S/c1-11-17(28-10-22-11)9-26-14-4-5-16-15(8-14)18(13(3)27-16)19(24)23-12(2)20-21-6-7-25-20/h4-8,10,12H,9H2,1-3H3,(H,23,24). The fourth-order valence-corrected chi connectivity index (χ4v) is 3.65. The zero-order chi connectivity index (χ0) is 19.7. The number of nitrogens with zero attached hydrogens (tertiary/aromatic N) is 2. The van der Waals surface area contributed by atoms with Gasteiger partial charge < -0.3 is 18.9 Å². The number of benzene rings is 1. The van der Waals surface area contributed by atoms with Crippen LogP contribution in [0.2, 0.25) is 0 Å². The first-order valence-electron chi connectivity index (χ1n) is 8.78. The number of fused-ring (bicyclic) bond motifs is 1. The van der Waals surface area contributed by atoms with Gasteiger partial charge in [-0.1, -0.05) is 0 Å². The van der Waals surface area contributed by atoms with Gasteiger partial charge in [0.2, 0.25) is 5.89 Å². The Morgan fingerprint density at radius 3 is 2.89 bits per heavy atom. The third-order valence-corrected chi connectivity index (χ3v) is 5.36. The zero-order valence-corrected chi connectivity index (χ0v) is 16.5. The third kappa shape index (κ3) is 3.50. The predicted octanol–water partition coefficient (Wildman–Crippen LogP) is 4.56. The fourth-order valence-electron chi connectivity index (χ4n) is 2.96. The molecule has 144 valence electrons. The summed E-state index contributed by atoms with van der Waals surface area (Å²) in [6, 6.07) is 5.11. The first-order chi connectivity index (χ1) is 13.5. The third-order valence-electron chi connectivity index (χ3n) is 4.45. The average Bonchev–Trinajstić information content (AvgIpc) is 3.39. The van der Waals surface area contributed by atoms with E-state index in [-0.39, 0.29) is 11.9 Å². The summed E-state index contributed by atoms with van der Waals surface area (Å²) in [5.74, 6) is 1.40. The Kier molecular flexibility index (Phi) is 4.87. The highest BCUT2D eigenvalue weighted by molar-refractivity contribution is 7.09. The van der Waals surface area contributed by atoms with E-state index in [1.54, 1.807) is 30.0 Å². The number of hydrogen-bond donors (Lipinski definition) is 1. The molecule has 3 aromatic heterocycles. The number of furan rings is 1. The minimum Gasteiger partial charge on any atom is -0.488 e.